The van der Waals surface area contributed by atoms with Crippen molar-refractivity contribution >= 4 is 17.6 Å². The molecule has 1 aromatic heterocycles. The van der Waals surface area contributed by atoms with Crippen molar-refractivity contribution in [3.8, 4) is 11.1 Å². The number of carbonyl (C=O) groups is 1. The first kappa shape index (κ1) is 11.6. The number of aromatic carboxylic acids is 1. The molecule has 0 radical (unpaired) electrons. The van der Waals surface area contributed by atoms with Gasteiger partial charge in [0, 0.05) is 22.3 Å². The second-order valence-electron chi connectivity index (χ2n) is 3.69. The summed E-state index contributed by atoms with van der Waals surface area (Å²) in [6.45, 7) is 1.93. The summed E-state index contributed by atoms with van der Waals surface area (Å²) in [5, 5.41) is 9.60. The van der Waals surface area contributed by atoms with Gasteiger partial charge in [-0.05, 0) is 24.6 Å². The number of hydrogen-bond donors (Lipinski definition) is 1. The maximum Gasteiger partial charge on any atom is 0.355 e. The number of carboxylic acid groups (broad SMARTS) is 1. The Labute approximate surface area is 104 Å². The van der Waals surface area contributed by atoms with E-state index in [-0.39, 0.29) is 5.69 Å². The predicted molar refractivity (Wildman–Crippen MR) is 66.4 cm³/mol. The molecule has 86 valence electrons. The lowest BCUT2D eigenvalue weighted by molar-refractivity contribution is 0.0691. The van der Waals surface area contributed by atoms with Gasteiger partial charge < -0.3 is 5.11 Å². The highest BCUT2D eigenvalue weighted by Gasteiger charge is 2.14. The SMILES string of the molecule is Cc1ccc(-c2cccnc2C(=O)O)c(Cl)c1. The molecule has 0 aliphatic heterocycles. The number of rotatable bonds is 2. The Kier molecular flexibility index (Phi) is 3.11. The molecule has 0 fully saturated rings. The van der Waals surface area contributed by atoms with Gasteiger partial charge in [0.1, 0.15) is 0 Å². The smallest absolute Gasteiger partial charge is 0.355 e. The molecule has 1 N–H and O–H groups in total. The fourth-order valence-corrected chi connectivity index (χ4v) is 1.97. The molecule has 2 aromatic rings. The number of aryl methyl sites for hydroxylation is 1. The van der Waals surface area contributed by atoms with Gasteiger partial charge in [0.15, 0.2) is 5.69 Å². The Hall–Kier alpha value is -1.87. The van der Waals surface area contributed by atoms with Crippen LogP contribution in [0, 0.1) is 6.92 Å². The zero-order valence-corrected chi connectivity index (χ0v) is 9.90. The number of hydrogen-bond acceptors (Lipinski definition) is 2. The van der Waals surface area contributed by atoms with Gasteiger partial charge in [0.05, 0.1) is 0 Å². The molecule has 2 rings (SSSR count). The Morgan fingerprint density at radius 2 is 2.06 bits per heavy atom. The van der Waals surface area contributed by atoms with Crippen LogP contribution in [0.4, 0.5) is 0 Å². The largest absolute Gasteiger partial charge is 0.476 e. The van der Waals surface area contributed by atoms with Gasteiger partial charge in [-0.25, -0.2) is 9.78 Å². The molecule has 17 heavy (non-hydrogen) atoms. The van der Waals surface area contributed by atoms with E-state index in [0.29, 0.717) is 16.1 Å². The third-order valence-electron chi connectivity index (χ3n) is 2.43. The molecule has 1 heterocycles. The molecule has 0 atom stereocenters. The summed E-state index contributed by atoms with van der Waals surface area (Å²) >= 11 is 6.12. The molecular formula is C13H10ClNO2. The Morgan fingerprint density at radius 3 is 2.71 bits per heavy atom. The molecule has 0 saturated heterocycles. The van der Waals surface area contributed by atoms with Gasteiger partial charge in [0.25, 0.3) is 0 Å². The lowest BCUT2D eigenvalue weighted by Gasteiger charge is -2.07. The van der Waals surface area contributed by atoms with Crippen molar-refractivity contribution in [1.29, 1.82) is 0 Å². The van der Waals surface area contributed by atoms with E-state index in [9.17, 15) is 4.79 Å². The molecule has 3 nitrogen and oxygen atoms in total. The number of nitrogens with zero attached hydrogens (tertiary/aromatic N) is 1. The number of halogens is 1. The summed E-state index contributed by atoms with van der Waals surface area (Å²) in [7, 11) is 0. The van der Waals surface area contributed by atoms with Gasteiger partial charge in [-0.2, -0.15) is 0 Å². The highest BCUT2D eigenvalue weighted by Crippen LogP contribution is 2.30. The fourth-order valence-electron chi connectivity index (χ4n) is 1.63. The zero-order valence-electron chi connectivity index (χ0n) is 9.14. The molecule has 0 unspecified atom stereocenters. The van der Waals surface area contributed by atoms with Crippen LogP contribution < -0.4 is 0 Å². The van der Waals surface area contributed by atoms with Crippen LogP contribution >= 0.6 is 11.6 Å². The monoisotopic (exact) mass is 247 g/mol. The van der Waals surface area contributed by atoms with Crippen LogP contribution in [0.25, 0.3) is 11.1 Å². The lowest BCUT2D eigenvalue weighted by atomic mass is 10.0. The topological polar surface area (TPSA) is 50.2 Å². The van der Waals surface area contributed by atoms with E-state index in [4.69, 9.17) is 16.7 Å². The highest BCUT2D eigenvalue weighted by atomic mass is 35.5. The van der Waals surface area contributed by atoms with Gasteiger partial charge in [-0.15, -0.1) is 0 Å². The van der Waals surface area contributed by atoms with E-state index in [1.54, 1.807) is 24.3 Å². The van der Waals surface area contributed by atoms with E-state index in [2.05, 4.69) is 4.98 Å². The second-order valence-corrected chi connectivity index (χ2v) is 4.10. The van der Waals surface area contributed by atoms with E-state index in [1.165, 1.54) is 6.20 Å². The summed E-state index contributed by atoms with van der Waals surface area (Å²) < 4.78 is 0. The quantitative estimate of drug-likeness (QED) is 0.885. The minimum atomic E-state index is -1.06. The van der Waals surface area contributed by atoms with Crippen LogP contribution in [0.15, 0.2) is 36.5 Å². The third kappa shape index (κ3) is 2.29. The molecule has 1 aromatic carbocycles. The maximum atomic E-state index is 11.1. The summed E-state index contributed by atoms with van der Waals surface area (Å²) in [6, 6.07) is 8.89. The first-order chi connectivity index (χ1) is 8.09. The van der Waals surface area contributed by atoms with Crippen molar-refractivity contribution in [3.63, 3.8) is 0 Å². The summed E-state index contributed by atoms with van der Waals surface area (Å²) in [4.78, 5) is 14.9. The van der Waals surface area contributed by atoms with Crippen molar-refractivity contribution in [2.75, 3.05) is 0 Å². The maximum absolute atomic E-state index is 11.1. The average molecular weight is 248 g/mol. The number of carboxylic acids is 1. The first-order valence-corrected chi connectivity index (χ1v) is 5.42. The van der Waals surface area contributed by atoms with Crippen molar-refractivity contribution < 1.29 is 9.90 Å². The van der Waals surface area contributed by atoms with Crippen molar-refractivity contribution in [1.82, 2.24) is 4.98 Å². The van der Waals surface area contributed by atoms with Crippen molar-refractivity contribution in [2.24, 2.45) is 0 Å². The van der Waals surface area contributed by atoms with Crippen LogP contribution in [0.1, 0.15) is 16.1 Å². The molecular weight excluding hydrogens is 238 g/mol. The van der Waals surface area contributed by atoms with Gasteiger partial charge in [-0.1, -0.05) is 29.8 Å². The Bertz CT molecular complexity index is 581. The number of aromatic nitrogens is 1. The number of benzene rings is 1. The molecule has 4 heteroatoms. The van der Waals surface area contributed by atoms with E-state index in [0.717, 1.165) is 5.56 Å². The van der Waals surface area contributed by atoms with E-state index >= 15 is 0 Å². The fraction of sp³-hybridized carbons (Fsp3) is 0.0769. The zero-order chi connectivity index (χ0) is 12.4. The van der Waals surface area contributed by atoms with Gasteiger partial charge >= 0.3 is 5.97 Å². The minimum absolute atomic E-state index is 0.0123. The van der Waals surface area contributed by atoms with Crippen LogP contribution in [0.2, 0.25) is 5.02 Å². The normalized spacial score (nSPS) is 10.2. The molecule has 0 spiro atoms. The summed E-state index contributed by atoms with van der Waals surface area (Å²) in [5.41, 5.74) is 2.26. The first-order valence-electron chi connectivity index (χ1n) is 5.04. The van der Waals surface area contributed by atoms with Crippen molar-refractivity contribution in [3.05, 3.63) is 52.8 Å². The van der Waals surface area contributed by atoms with Crippen molar-refractivity contribution in [2.45, 2.75) is 6.92 Å². The van der Waals surface area contributed by atoms with Gasteiger partial charge in [-0.3, -0.25) is 0 Å². The minimum Gasteiger partial charge on any atom is -0.476 e. The molecule has 0 aliphatic rings. The summed E-state index contributed by atoms with van der Waals surface area (Å²) in [5.74, 6) is -1.06. The second kappa shape index (κ2) is 4.55. The standard InChI is InChI=1S/C13H10ClNO2/c1-8-4-5-9(11(14)7-8)10-3-2-6-15-12(10)13(16)17/h2-7H,1H3,(H,16,17). The van der Waals surface area contributed by atoms with E-state index in [1.807, 2.05) is 13.0 Å². The summed E-state index contributed by atoms with van der Waals surface area (Å²) in [6.07, 6.45) is 1.45. The Balaban J connectivity index is 2.64. The molecule has 0 amide bonds. The van der Waals surface area contributed by atoms with Crippen LogP contribution in [-0.4, -0.2) is 16.1 Å². The van der Waals surface area contributed by atoms with Crippen LogP contribution in [0.3, 0.4) is 0 Å². The molecule has 0 saturated carbocycles. The van der Waals surface area contributed by atoms with Crippen LogP contribution in [-0.2, 0) is 0 Å². The number of pyridine rings is 1. The third-order valence-corrected chi connectivity index (χ3v) is 2.74. The average Bonchev–Trinajstić information content (AvgIpc) is 2.29. The Morgan fingerprint density at radius 1 is 1.29 bits per heavy atom. The highest BCUT2D eigenvalue weighted by molar-refractivity contribution is 6.33. The van der Waals surface area contributed by atoms with Gasteiger partial charge in [0.2, 0.25) is 0 Å². The predicted octanol–water partition coefficient (Wildman–Crippen LogP) is 3.41. The van der Waals surface area contributed by atoms with Crippen LogP contribution in [0.5, 0.6) is 0 Å². The molecule has 0 bridgehead atoms. The lowest BCUT2D eigenvalue weighted by Crippen LogP contribution is -2.02. The van der Waals surface area contributed by atoms with E-state index < -0.39 is 5.97 Å². The molecule has 0 aliphatic carbocycles.